The van der Waals surface area contributed by atoms with Crippen LogP contribution in [0.5, 0.6) is 11.5 Å². The van der Waals surface area contributed by atoms with Crippen molar-refractivity contribution in [1.82, 2.24) is 0 Å². The molecule has 0 aliphatic carbocycles. The van der Waals surface area contributed by atoms with Gasteiger partial charge in [0.25, 0.3) is 0 Å². The molecular formula is C15H12F2O3. The van der Waals surface area contributed by atoms with E-state index in [2.05, 4.69) is 0 Å². The van der Waals surface area contributed by atoms with Crippen LogP contribution in [0.3, 0.4) is 0 Å². The highest BCUT2D eigenvalue weighted by Gasteiger charge is 2.18. The predicted molar refractivity (Wildman–Crippen MR) is 69.3 cm³/mol. The van der Waals surface area contributed by atoms with Gasteiger partial charge in [0.15, 0.2) is 28.9 Å². The smallest absolute Gasteiger partial charge is 0.196 e. The van der Waals surface area contributed by atoms with Gasteiger partial charge < -0.3 is 9.47 Å². The van der Waals surface area contributed by atoms with Crippen molar-refractivity contribution in [2.75, 3.05) is 14.2 Å². The molecule has 0 saturated heterocycles. The third-order valence-corrected chi connectivity index (χ3v) is 2.84. The highest BCUT2D eigenvalue weighted by Crippen LogP contribution is 2.24. The summed E-state index contributed by atoms with van der Waals surface area (Å²) >= 11 is 0. The normalized spacial score (nSPS) is 10.2. The van der Waals surface area contributed by atoms with Gasteiger partial charge in [-0.25, -0.2) is 8.78 Å². The Morgan fingerprint density at radius 1 is 1.00 bits per heavy atom. The maximum atomic E-state index is 14.0. The molecule has 2 rings (SSSR count). The van der Waals surface area contributed by atoms with Gasteiger partial charge in [-0.15, -0.1) is 0 Å². The van der Waals surface area contributed by atoms with Gasteiger partial charge in [0.05, 0.1) is 19.8 Å². The second-order valence-corrected chi connectivity index (χ2v) is 4.00. The number of ketones is 1. The number of halogens is 2. The van der Waals surface area contributed by atoms with Crippen LogP contribution >= 0.6 is 0 Å². The number of hydrogen-bond donors (Lipinski definition) is 0. The van der Waals surface area contributed by atoms with E-state index in [0.29, 0.717) is 0 Å². The maximum Gasteiger partial charge on any atom is 0.196 e. The van der Waals surface area contributed by atoms with Crippen LogP contribution < -0.4 is 9.47 Å². The van der Waals surface area contributed by atoms with Crippen LogP contribution in [0.1, 0.15) is 15.9 Å². The predicted octanol–water partition coefficient (Wildman–Crippen LogP) is 3.21. The van der Waals surface area contributed by atoms with Gasteiger partial charge in [-0.1, -0.05) is 6.07 Å². The largest absolute Gasteiger partial charge is 0.494 e. The number of rotatable bonds is 4. The highest BCUT2D eigenvalue weighted by molar-refractivity contribution is 6.09. The Hall–Kier alpha value is -2.43. The van der Waals surface area contributed by atoms with Crippen LogP contribution in [0.4, 0.5) is 8.78 Å². The van der Waals surface area contributed by atoms with Crippen LogP contribution in [0.25, 0.3) is 0 Å². The maximum absolute atomic E-state index is 14.0. The highest BCUT2D eigenvalue weighted by atomic mass is 19.1. The molecular weight excluding hydrogens is 266 g/mol. The SMILES string of the molecule is COc1ccc(C(=O)c2cccc(OC)c2F)cc1F. The van der Waals surface area contributed by atoms with E-state index >= 15 is 0 Å². The standard InChI is InChI=1S/C15H12F2O3/c1-19-12-7-6-9(8-11(12)16)15(18)10-4-3-5-13(20-2)14(10)17/h3-8H,1-2H3. The van der Waals surface area contributed by atoms with Gasteiger partial charge in [-0.3, -0.25) is 4.79 Å². The Morgan fingerprint density at radius 2 is 1.70 bits per heavy atom. The zero-order valence-electron chi connectivity index (χ0n) is 10.9. The second kappa shape index (κ2) is 5.69. The molecule has 0 heterocycles. The molecule has 0 N–H and O–H groups in total. The first-order chi connectivity index (χ1) is 9.58. The number of hydrogen-bond acceptors (Lipinski definition) is 3. The Kier molecular flexibility index (Phi) is 3.98. The van der Waals surface area contributed by atoms with Crippen molar-refractivity contribution in [3.63, 3.8) is 0 Å². The first-order valence-corrected chi connectivity index (χ1v) is 5.79. The van der Waals surface area contributed by atoms with Gasteiger partial charge in [0, 0.05) is 5.56 Å². The third kappa shape index (κ3) is 2.47. The molecule has 0 aliphatic heterocycles. The van der Waals surface area contributed by atoms with Crippen molar-refractivity contribution in [3.05, 3.63) is 59.2 Å². The van der Waals surface area contributed by atoms with Crippen LogP contribution in [-0.2, 0) is 0 Å². The minimum Gasteiger partial charge on any atom is -0.494 e. The minimum absolute atomic E-state index is 0.0210. The summed E-state index contributed by atoms with van der Waals surface area (Å²) < 4.78 is 37.1. The summed E-state index contributed by atoms with van der Waals surface area (Å²) in [6.07, 6.45) is 0. The van der Waals surface area contributed by atoms with Crippen molar-refractivity contribution >= 4 is 5.78 Å². The summed E-state index contributed by atoms with van der Waals surface area (Å²) in [6.45, 7) is 0. The Bertz CT molecular complexity index is 654. The first kappa shape index (κ1) is 14.0. The van der Waals surface area contributed by atoms with E-state index in [1.807, 2.05) is 0 Å². The number of carbonyl (C=O) groups is 1. The molecule has 5 heteroatoms. The van der Waals surface area contributed by atoms with Crippen molar-refractivity contribution in [1.29, 1.82) is 0 Å². The van der Waals surface area contributed by atoms with E-state index in [1.54, 1.807) is 0 Å². The molecule has 0 amide bonds. The molecule has 0 spiro atoms. The molecule has 0 radical (unpaired) electrons. The molecule has 104 valence electrons. The fourth-order valence-corrected chi connectivity index (χ4v) is 1.81. The zero-order valence-corrected chi connectivity index (χ0v) is 10.9. The summed E-state index contributed by atoms with van der Waals surface area (Å²) in [4.78, 5) is 12.2. The Balaban J connectivity index is 2.44. The summed E-state index contributed by atoms with van der Waals surface area (Å²) in [6, 6.07) is 7.93. The first-order valence-electron chi connectivity index (χ1n) is 5.79. The lowest BCUT2D eigenvalue weighted by atomic mass is 10.0. The molecule has 2 aromatic carbocycles. The van der Waals surface area contributed by atoms with Gasteiger partial charge in [-0.05, 0) is 30.3 Å². The van der Waals surface area contributed by atoms with E-state index in [0.717, 1.165) is 6.07 Å². The minimum atomic E-state index is -0.767. The van der Waals surface area contributed by atoms with Gasteiger partial charge in [0.1, 0.15) is 0 Å². The molecule has 0 bridgehead atoms. The zero-order chi connectivity index (χ0) is 14.7. The van der Waals surface area contributed by atoms with Gasteiger partial charge >= 0.3 is 0 Å². The number of carbonyl (C=O) groups excluding carboxylic acids is 1. The van der Waals surface area contributed by atoms with E-state index in [9.17, 15) is 13.6 Å². The monoisotopic (exact) mass is 278 g/mol. The number of methoxy groups -OCH3 is 2. The molecule has 0 aromatic heterocycles. The third-order valence-electron chi connectivity index (χ3n) is 2.84. The molecule has 20 heavy (non-hydrogen) atoms. The van der Waals surface area contributed by atoms with E-state index in [-0.39, 0.29) is 22.6 Å². The van der Waals surface area contributed by atoms with Crippen molar-refractivity contribution in [2.45, 2.75) is 0 Å². The van der Waals surface area contributed by atoms with Crippen molar-refractivity contribution in [3.8, 4) is 11.5 Å². The van der Waals surface area contributed by atoms with E-state index in [1.165, 1.54) is 44.6 Å². The fourth-order valence-electron chi connectivity index (χ4n) is 1.81. The molecule has 0 fully saturated rings. The molecule has 3 nitrogen and oxygen atoms in total. The number of benzene rings is 2. The van der Waals surface area contributed by atoms with Crippen molar-refractivity contribution in [2.24, 2.45) is 0 Å². The average molecular weight is 278 g/mol. The lowest BCUT2D eigenvalue weighted by Crippen LogP contribution is -2.06. The second-order valence-electron chi connectivity index (χ2n) is 4.00. The Labute approximate surface area is 114 Å². The molecule has 0 unspecified atom stereocenters. The molecule has 0 atom stereocenters. The summed E-state index contributed by atoms with van der Waals surface area (Å²) in [5.74, 6) is -2.08. The number of ether oxygens (including phenoxy) is 2. The average Bonchev–Trinajstić information content (AvgIpc) is 2.46. The van der Waals surface area contributed by atoms with Gasteiger partial charge in [-0.2, -0.15) is 0 Å². The van der Waals surface area contributed by atoms with Crippen LogP contribution in [0.2, 0.25) is 0 Å². The molecule has 2 aromatic rings. The molecule has 0 aliphatic rings. The van der Waals surface area contributed by atoms with E-state index in [4.69, 9.17) is 9.47 Å². The van der Waals surface area contributed by atoms with Crippen molar-refractivity contribution < 1.29 is 23.0 Å². The summed E-state index contributed by atoms with van der Waals surface area (Å²) in [7, 11) is 2.63. The lowest BCUT2D eigenvalue weighted by molar-refractivity contribution is 0.103. The van der Waals surface area contributed by atoms with Gasteiger partial charge in [0.2, 0.25) is 0 Å². The topological polar surface area (TPSA) is 35.5 Å². The molecule has 0 saturated carbocycles. The lowest BCUT2D eigenvalue weighted by Gasteiger charge is -2.08. The quantitative estimate of drug-likeness (QED) is 0.806. The summed E-state index contributed by atoms with van der Waals surface area (Å²) in [5.41, 5.74) is -0.135. The van der Waals surface area contributed by atoms with Crippen LogP contribution in [0, 0.1) is 11.6 Å². The van der Waals surface area contributed by atoms with Crippen LogP contribution in [0.15, 0.2) is 36.4 Å². The van der Waals surface area contributed by atoms with Crippen LogP contribution in [-0.4, -0.2) is 20.0 Å². The fraction of sp³-hybridized carbons (Fsp3) is 0.133. The summed E-state index contributed by atoms with van der Waals surface area (Å²) in [5, 5.41) is 0. The van der Waals surface area contributed by atoms with E-state index < -0.39 is 17.4 Å². The Morgan fingerprint density at radius 3 is 2.30 bits per heavy atom.